The van der Waals surface area contributed by atoms with Gasteiger partial charge in [0.1, 0.15) is 6.54 Å². The van der Waals surface area contributed by atoms with Crippen LogP contribution in [0.5, 0.6) is 0 Å². The summed E-state index contributed by atoms with van der Waals surface area (Å²) in [6, 6.07) is 15.6. The summed E-state index contributed by atoms with van der Waals surface area (Å²) < 4.78 is 1.31. The largest absolute Gasteiger partial charge is 0.345 e. The molecule has 6 nitrogen and oxygen atoms in total. The van der Waals surface area contributed by atoms with E-state index in [1.165, 1.54) is 4.57 Å². The van der Waals surface area contributed by atoms with Crippen molar-refractivity contribution in [1.82, 2.24) is 9.88 Å². The van der Waals surface area contributed by atoms with Crippen LogP contribution < -0.4 is 16.2 Å². The Balaban J connectivity index is 1.58. The van der Waals surface area contributed by atoms with Gasteiger partial charge in [-0.3, -0.25) is 14.4 Å². The van der Waals surface area contributed by atoms with Crippen molar-refractivity contribution >= 4 is 39.9 Å². The Morgan fingerprint density at radius 1 is 1.00 bits per heavy atom. The summed E-state index contributed by atoms with van der Waals surface area (Å²) in [6.45, 7) is -0.359. The number of benzene rings is 2. The molecular formula is C19H16ClN3O3. The van der Waals surface area contributed by atoms with Gasteiger partial charge in [0.15, 0.2) is 0 Å². The molecule has 3 rings (SSSR count). The summed E-state index contributed by atoms with van der Waals surface area (Å²) >= 11 is 5.85. The van der Waals surface area contributed by atoms with E-state index in [4.69, 9.17) is 11.6 Å². The van der Waals surface area contributed by atoms with Gasteiger partial charge in [-0.25, -0.2) is 0 Å². The van der Waals surface area contributed by atoms with Crippen LogP contribution in [-0.2, 0) is 16.1 Å². The molecule has 0 aliphatic rings. The van der Waals surface area contributed by atoms with E-state index < -0.39 is 5.91 Å². The monoisotopic (exact) mass is 369 g/mol. The van der Waals surface area contributed by atoms with E-state index in [0.29, 0.717) is 16.1 Å². The second-order valence-corrected chi connectivity index (χ2v) is 6.11. The van der Waals surface area contributed by atoms with Crippen molar-refractivity contribution in [3.8, 4) is 0 Å². The van der Waals surface area contributed by atoms with E-state index in [1.807, 2.05) is 12.1 Å². The average molecular weight is 370 g/mol. The van der Waals surface area contributed by atoms with Crippen LogP contribution in [0.15, 0.2) is 65.6 Å². The van der Waals surface area contributed by atoms with Crippen LogP contribution >= 0.6 is 11.6 Å². The van der Waals surface area contributed by atoms with E-state index >= 15 is 0 Å². The maximum atomic E-state index is 12.4. The molecule has 2 aromatic carbocycles. The van der Waals surface area contributed by atoms with Crippen LogP contribution in [0, 0.1) is 0 Å². The summed E-state index contributed by atoms with van der Waals surface area (Å²) in [5.41, 5.74) is 0.295. The highest BCUT2D eigenvalue weighted by Crippen LogP contribution is 2.14. The average Bonchev–Trinajstić information content (AvgIpc) is 2.63. The van der Waals surface area contributed by atoms with Crippen molar-refractivity contribution in [2.45, 2.75) is 6.54 Å². The zero-order valence-electron chi connectivity index (χ0n) is 13.7. The first-order valence-corrected chi connectivity index (χ1v) is 8.31. The minimum atomic E-state index is -0.427. The molecule has 2 amide bonds. The molecule has 0 saturated heterocycles. The van der Waals surface area contributed by atoms with Gasteiger partial charge in [-0.05, 0) is 35.7 Å². The van der Waals surface area contributed by atoms with Gasteiger partial charge in [-0.15, -0.1) is 0 Å². The van der Waals surface area contributed by atoms with Crippen LogP contribution in [-0.4, -0.2) is 22.9 Å². The van der Waals surface area contributed by atoms with Gasteiger partial charge in [-0.2, -0.15) is 0 Å². The number of hydrogen-bond acceptors (Lipinski definition) is 3. The van der Waals surface area contributed by atoms with Gasteiger partial charge in [0.2, 0.25) is 11.8 Å². The SMILES string of the molecule is O=C(Cn1ccc2ccccc2c1=O)NCC(=O)Nc1cccc(Cl)c1. The van der Waals surface area contributed by atoms with Gasteiger partial charge in [-0.1, -0.05) is 35.9 Å². The normalized spacial score (nSPS) is 10.5. The fraction of sp³-hybridized carbons (Fsp3) is 0.105. The molecule has 26 heavy (non-hydrogen) atoms. The molecule has 7 heteroatoms. The lowest BCUT2D eigenvalue weighted by Gasteiger charge is -2.09. The molecular weight excluding hydrogens is 354 g/mol. The minimum absolute atomic E-state index is 0.159. The number of rotatable bonds is 5. The Kier molecular flexibility index (Phi) is 5.34. The van der Waals surface area contributed by atoms with E-state index in [1.54, 1.807) is 48.7 Å². The number of nitrogens with zero attached hydrogens (tertiary/aromatic N) is 1. The van der Waals surface area contributed by atoms with Crippen molar-refractivity contribution in [3.05, 3.63) is 76.2 Å². The molecule has 0 unspecified atom stereocenters. The molecule has 0 bridgehead atoms. The van der Waals surface area contributed by atoms with Crippen LogP contribution in [0.25, 0.3) is 10.8 Å². The second kappa shape index (κ2) is 7.84. The highest BCUT2D eigenvalue weighted by molar-refractivity contribution is 6.30. The maximum absolute atomic E-state index is 12.4. The number of hydrogen-bond donors (Lipinski definition) is 2. The number of pyridine rings is 1. The minimum Gasteiger partial charge on any atom is -0.345 e. The molecule has 1 heterocycles. The molecule has 0 atom stereocenters. The quantitative estimate of drug-likeness (QED) is 0.724. The predicted octanol–water partition coefficient (Wildman–Crippen LogP) is 2.41. The standard InChI is InChI=1S/C19H16ClN3O3/c20-14-5-3-6-15(10-14)22-17(24)11-21-18(25)12-23-9-8-13-4-1-2-7-16(13)19(23)26/h1-10H,11-12H2,(H,21,25)(H,22,24). The Hall–Kier alpha value is -3.12. The molecule has 0 aliphatic carbocycles. The molecule has 0 radical (unpaired) electrons. The van der Waals surface area contributed by atoms with Crippen LogP contribution in [0.4, 0.5) is 5.69 Å². The van der Waals surface area contributed by atoms with Crippen LogP contribution in [0.3, 0.4) is 0 Å². The van der Waals surface area contributed by atoms with E-state index in [-0.39, 0.29) is 24.6 Å². The number of aromatic nitrogens is 1. The molecule has 132 valence electrons. The number of amides is 2. The van der Waals surface area contributed by atoms with Crippen molar-refractivity contribution in [3.63, 3.8) is 0 Å². The van der Waals surface area contributed by atoms with Gasteiger partial charge in [0.25, 0.3) is 5.56 Å². The number of halogens is 1. The lowest BCUT2D eigenvalue weighted by molar-refractivity contribution is -0.124. The summed E-state index contributed by atoms with van der Waals surface area (Å²) in [5.74, 6) is -0.810. The Bertz CT molecular complexity index is 1030. The Morgan fingerprint density at radius 3 is 2.62 bits per heavy atom. The molecule has 0 aliphatic heterocycles. The number of carbonyl (C=O) groups excluding carboxylic acids is 2. The summed E-state index contributed by atoms with van der Waals surface area (Å²) in [4.78, 5) is 36.3. The smallest absolute Gasteiger partial charge is 0.258 e. The van der Waals surface area contributed by atoms with Crippen LogP contribution in [0.1, 0.15) is 0 Å². The van der Waals surface area contributed by atoms with Gasteiger partial charge < -0.3 is 15.2 Å². The first-order chi connectivity index (χ1) is 12.5. The van der Waals surface area contributed by atoms with Gasteiger partial charge >= 0.3 is 0 Å². The van der Waals surface area contributed by atoms with Gasteiger partial charge in [0.05, 0.1) is 6.54 Å². The molecule has 0 fully saturated rings. The van der Waals surface area contributed by atoms with Crippen molar-refractivity contribution in [1.29, 1.82) is 0 Å². The topological polar surface area (TPSA) is 80.2 Å². The maximum Gasteiger partial charge on any atom is 0.258 e. The summed E-state index contributed by atoms with van der Waals surface area (Å²) in [6.07, 6.45) is 1.57. The molecule has 3 aromatic rings. The van der Waals surface area contributed by atoms with Crippen molar-refractivity contribution < 1.29 is 9.59 Å². The molecule has 2 N–H and O–H groups in total. The third-order valence-corrected chi connectivity index (χ3v) is 3.99. The lowest BCUT2D eigenvalue weighted by Crippen LogP contribution is -2.36. The highest BCUT2D eigenvalue weighted by atomic mass is 35.5. The third kappa shape index (κ3) is 4.29. The molecule has 1 aromatic heterocycles. The summed E-state index contributed by atoms with van der Waals surface area (Å²) in [5, 5.41) is 6.99. The second-order valence-electron chi connectivity index (χ2n) is 5.67. The lowest BCUT2D eigenvalue weighted by atomic mass is 10.2. The predicted molar refractivity (Wildman–Crippen MR) is 101 cm³/mol. The van der Waals surface area contributed by atoms with Gasteiger partial charge in [0, 0.05) is 22.3 Å². The zero-order chi connectivity index (χ0) is 18.5. The first-order valence-electron chi connectivity index (χ1n) is 7.93. The first kappa shape index (κ1) is 17.7. The van der Waals surface area contributed by atoms with E-state index in [0.717, 1.165) is 5.39 Å². The third-order valence-electron chi connectivity index (χ3n) is 3.75. The number of anilines is 1. The number of nitrogens with one attached hydrogen (secondary N) is 2. The van der Waals surface area contributed by atoms with E-state index in [9.17, 15) is 14.4 Å². The Morgan fingerprint density at radius 2 is 1.81 bits per heavy atom. The molecule has 0 spiro atoms. The number of fused-ring (bicyclic) bond motifs is 1. The van der Waals surface area contributed by atoms with Crippen molar-refractivity contribution in [2.24, 2.45) is 0 Å². The zero-order valence-corrected chi connectivity index (χ0v) is 14.5. The molecule has 0 saturated carbocycles. The van der Waals surface area contributed by atoms with Crippen LogP contribution in [0.2, 0.25) is 5.02 Å². The highest BCUT2D eigenvalue weighted by Gasteiger charge is 2.09. The Labute approximate surface area is 154 Å². The number of carbonyl (C=O) groups is 2. The fourth-order valence-corrected chi connectivity index (χ4v) is 2.71. The summed E-state index contributed by atoms with van der Waals surface area (Å²) in [7, 11) is 0. The van der Waals surface area contributed by atoms with E-state index in [2.05, 4.69) is 10.6 Å². The van der Waals surface area contributed by atoms with Crippen molar-refractivity contribution in [2.75, 3.05) is 11.9 Å². The fourth-order valence-electron chi connectivity index (χ4n) is 2.52.